The normalized spacial score (nSPS) is 11.2. The Balaban J connectivity index is 1.79. The van der Waals surface area contributed by atoms with Gasteiger partial charge < -0.3 is 9.73 Å². The van der Waals surface area contributed by atoms with Crippen LogP contribution < -0.4 is 10.0 Å². The number of nitrogens with one attached hydrogen (secondary N) is 2. The SMILES string of the molecule is O=C(Nc1cccc(S(=O)(=O)Nc2ccc(Cl)cc2)c1)c1ccc(Br)o1. The second-order valence-corrected chi connectivity index (χ2v) is 8.10. The van der Waals surface area contributed by atoms with Crippen LogP contribution in [0.5, 0.6) is 0 Å². The molecule has 26 heavy (non-hydrogen) atoms. The summed E-state index contributed by atoms with van der Waals surface area (Å²) in [6.45, 7) is 0. The summed E-state index contributed by atoms with van der Waals surface area (Å²) in [5.74, 6) is -0.389. The molecule has 1 heterocycles. The molecule has 0 spiro atoms. The Hall–Kier alpha value is -2.29. The summed E-state index contributed by atoms with van der Waals surface area (Å²) in [7, 11) is -3.82. The molecule has 0 atom stereocenters. The highest BCUT2D eigenvalue weighted by atomic mass is 79.9. The van der Waals surface area contributed by atoms with Gasteiger partial charge in [0.25, 0.3) is 15.9 Å². The zero-order valence-electron chi connectivity index (χ0n) is 13.1. The molecule has 0 aliphatic carbocycles. The van der Waals surface area contributed by atoms with E-state index in [9.17, 15) is 13.2 Å². The van der Waals surface area contributed by atoms with Crippen molar-refractivity contribution in [3.05, 3.63) is 76.1 Å². The van der Waals surface area contributed by atoms with Gasteiger partial charge in [0.15, 0.2) is 10.4 Å². The van der Waals surface area contributed by atoms with Crippen molar-refractivity contribution >= 4 is 54.8 Å². The molecule has 6 nitrogen and oxygen atoms in total. The fourth-order valence-electron chi connectivity index (χ4n) is 2.10. The third-order valence-corrected chi connectivity index (χ3v) is 5.35. The molecule has 3 aromatic rings. The highest BCUT2D eigenvalue weighted by molar-refractivity contribution is 9.10. The molecule has 0 aliphatic heterocycles. The van der Waals surface area contributed by atoms with Crippen molar-refractivity contribution in [1.29, 1.82) is 0 Å². The average Bonchev–Trinajstić information content (AvgIpc) is 3.04. The van der Waals surface area contributed by atoms with Crippen molar-refractivity contribution in [1.82, 2.24) is 0 Å². The summed E-state index contributed by atoms with van der Waals surface area (Å²) in [5, 5.41) is 3.09. The molecule has 0 aliphatic rings. The Labute approximate surface area is 163 Å². The summed E-state index contributed by atoms with van der Waals surface area (Å²) in [6, 6.07) is 15.3. The smallest absolute Gasteiger partial charge is 0.291 e. The molecule has 0 radical (unpaired) electrons. The molecule has 2 aromatic carbocycles. The molecule has 1 amide bonds. The maximum atomic E-state index is 12.5. The quantitative estimate of drug-likeness (QED) is 0.581. The molecule has 0 saturated carbocycles. The summed E-state index contributed by atoms with van der Waals surface area (Å²) >= 11 is 8.91. The van der Waals surface area contributed by atoms with E-state index >= 15 is 0 Å². The summed E-state index contributed by atoms with van der Waals surface area (Å²) < 4.78 is 33.1. The van der Waals surface area contributed by atoms with Crippen molar-refractivity contribution in [2.45, 2.75) is 4.90 Å². The Morgan fingerprint density at radius 1 is 1.00 bits per heavy atom. The van der Waals surface area contributed by atoms with E-state index in [0.29, 0.717) is 21.1 Å². The lowest BCUT2D eigenvalue weighted by atomic mass is 10.3. The minimum Gasteiger partial charge on any atom is -0.444 e. The van der Waals surface area contributed by atoms with Crippen LogP contribution in [0.15, 0.2) is 74.6 Å². The third kappa shape index (κ3) is 4.46. The van der Waals surface area contributed by atoms with Gasteiger partial charge in [-0.2, -0.15) is 0 Å². The lowest BCUT2D eigenvalue weighted by Gasteiger charge is -2.10. The van der Waals surface area contributed by atoms with Crippen LogP contribution in [-0.2, 0) is 10.0 Å². The molecule has 0 unspecified atom stereocenters. The zero-order chi connectivity index (χ0) is 18.7. The highest BCUT2D eigenvalue weighted by Gasteiger charge is 2.16. The first kappa shape index (κ1) is 18.5. The van der Waals surface area contributed by atoms with E-state index in [4.69, 9.17) is 16.0 Å². The Bertz CT molecular complexity index is 1050. The standard InChI is InChI=1S/C17H12BrClN2O4S/c18-16-9-8-15(25-16)17(22)20-13-2-1-3-14(10-13)26(23,24)21-12-6-4-11(19)5-7-12/h1-10,21H,(H,20,22). The van der Waals surface area contributed by atoms with Gasteiger partial charge in [-0.25, -0.2) is 8.42 Å². The number of rotatable bonds is 5. The first-order valence-electron chi connectivity index (χ1n) is 7.29. The van der Waals surface area contributed by atoms with Crippen molar-refractivity contribution in [3.63, 3.8) is 0 Å². The van der Waals surface area contributed by atoms with Crippen LogP contribution in [0.25, 0.3) is 0 Å². The number of halogens is 2. The van der Waals surface area contributed by atoms with Gasteiger partial charge in [0.2, 0.25) is 0 Å². The Kier molecular flexibility index (Phi) is 5.36. The third-order valence-electron chi connectivity index (χ3n) is 3.30. The van der Waals surface area contributed by atoms with Gasteiger partial charge >= 0.3 is 0 Å². The van der Waals surface area contributed by atoms with Crippen LogP contribution in [0.4, 0.5) is 11.4 Å². The fraction of sp³-hybridized carbons (Fsp3) is 0. The van der Waals surface area contributed by atoms with Gasteiger partial charge in [-0.1, -0.05) is 17.7 Å². The van der Waals surface area contributed by atoms with Crippen molar-refractivity contribution in [2.24, 2.45) is 0 Å². The predicted octanol–water partition coefficient (Wildman–Crippen LogP) is 4.75. The van der Waals surface area contributed by atoms with Gasteiger partial charge in [0, 0.05) is 16.4 Å². The summed E-state index contributed by atoms with van der Waals surface area (Å²) in [5.41, 5.74) is 0.700. The maximum Gasteiger partial charge on any atom is 0.291 e. The second-order valence-electron chi connectivity index (χ2n) is 5.20. The average molecular weight is 456 g/mol. The molecule has 134 valence electrons. The van der Waals surface area contributed by atoms with Crippen LogP contribution in [0.1, 0.15) is 10.6 Å². The topological polar surface area (TPSA) is 88.4 Å². The van der Waals surface area contributed by atoms with Crippen LogP contribution in [-0.4, -0.2) is 14.3 Å². The largest absolute Gasteiger partial charge is 0.444 e. The van der Waals surface area contributed by atoms with E-state index in [1.54, 1.807) is 36.4 Å². The Morgan fingerprint density at radius 3 is 2.38 bits per heavy atom. The van der Waals surface area contributed by atoms with Gasteiger partial charge in [-0.3, -0.25) is 9.52 Å². The number of sulfonamides is 1. The van der Waals surface area contributed by atoms with Crippen LogP contribution in [0.2, 0.25) is 5.02 Å². The maximum absolute atomic E-state index is 12.5. The second kappa shape index (κ2) is 7.53. The molecule has 1 aromatic heterocycles. The van der Waals surface area contributed by atoms with Crippen molar-refractivity contribution < 1.29 is 17.6 Å². The van der Waals surface area contributed by atoms with Crippen LogP contribution >= 0.6 is 27.5 Å². The van der Waals surface area contributed by atoms with Gasteiger partial charge in [-0.15, -0.1) is 0 Å². The predicted molar refractivity (Wildman–Crippen MR) is 103 cm³/mol. The van der Waals surface area contributed by atoms with E-state index in [0.717, 1.165) is 0 Å². The van der Waals surface area contributed by atoms with Crippen LogP contribution in [0, 0.1) is 0 Å². The number of anilines is 2. The summed E-state index contributed by atoms with van der Waals surface area (Å²) in [4.78, 5) is 12.1. The molecular formula is C17H12BrClN2O4S. The van der Waals surface area contributed by atoms with E-state index < -0.39 is 15.9 Å². The van der Waals surface area contributed by atoms with E-state index in [1.165, 1.54) is 24.3 Å². The van der Waals surface area contributed by atoms with Gasteiger partial charge in [0.05, 0.1) is 4.90 Å². The zero-order valence-corrected chi connectivity index (χ0v) is 16.2. The first-order chi connectivity index (χ1) is 12.3. The number of benzene rings is 2. The molecular weight excluding hydrogens is 444 g/mol. The molecule has 2 N–H and O–H groups in total. The lowest BCUT2D eigenvalue weighted by Crippen LogP contribution is -2.14. The molecule has 9 heteroatoms. The molecule has 0 bridgehead atoms. The van der Waals surface area contributed by atoms with E-state index in [1.807, 2.05) is 0 Å². The van der Waals surface area contributed by atoms with Gasteiger partial charge in [-0.05, 0) is 70.5 Å². The number of carbonyl (C=O) groups is 1. The Morgan fingerprint density at radius 2 is 1.73 bits per heavy atom. The van der Waals surface area contributed by atoms with Crippen molar-refractivity contribution in [3.8, 4) is 0 Å². The number of amides is 1. The number of carbonyl (C=O) groups excluding carboxylic acids is 1. The van der Waals surface area contributed by atoms with Gasteiger partial charge in [0.1, 0.15) is 0 Å². The lowest BCUT2D eigenvalue weighted by molar-refractivity contribution is 0.0995. The number of hydrogen-bond donors (Lipinski definition) is 2. The fourth-order valence-corrected chi connectivity index (χ4v) is 3.64. The number of furan rings is 1. The van der Waals surface area contributed by atoms with Crippen LogP contribution in [0.3, 0.4) is 0 Å². The van der Waals surface area contributed by atoms with E-state index in [2.05, 4.69) is 26.0 Å². The highest BCUT2D eigenvalue weighted by Crippen LogP contribution is 2.21. The molecule has 0 saturated heterocycles. The minimum absolute atomic E-state index is 0.00544. The summed E-state index contributed by atoms with van der Waals surface area (Å²) in [6.07, 6.45) is 0. The number of hydrogen-bond acceptors (Lipinski definition) is 4. The minimum atomic E-state index is -3.82. The first-order valence-corrected chi connectivity index (χ1v) is 9.94. The van der Waals surface area contributed by atoms with Crippen molar-refractivity contribution in [2.75, 3.05) is 10.0 Å². The molecule has 3 rings (SSSR count). The monoisotopic (exact) mass is 454 g/mol. The van der Waals surface area contributed by atoms with E-state index in [-0.39, 0.29) is 10.7 Å². The molecule has 0 fully saturated rings.